The molecule has 0 aliphatic carbocycles. The molecule has 1 atom stereocenters. The average Bonchev–Trinajstić information content (AvgIpc) is 2.16. The van der Waals surface area contributed by atoms with Crippen LogP contribution in [-0.2, 0) is 4.57 Å². The van der Waals surface area contributed by atoms with Gasteiger partial charge in [-0.2, -0.15) is 0 Å². The molecule has 1 unspecified atom stereocenters. The van der Waals surface area contributed by atoms with Crippen molar-refractivity contribution >= 4 is 12.7 Å². The van der Waals surface area contributed by atoms with Gasteiger partial charge in [0.05, 0.1) is 0 Å². The van der Waals surface area contributed by atoms with Crippen LogP contribution in [0.3, 0.4) is 0 Å². The Morgan fingerprint density at radius 2 is 2.07 bits per heavy atom. The zero-order chi connectivity index (χ0) is 10.8. The molecular formula is C11H15O2P. The molecule has 0 spiro atoms. The van der Waals surface area contributed by atoms with Crippen LogP contribution in [0.5, 0.6) is 0 Å². The van der Waals surface area contributed by atoms with Crippen molar-refractivity contribution in [3.8, 4) is 0 Å². The summed E-state index contributed by atoms with van der Waals surface area (Å²) in [6, 6.07) is 7.25. The van der Waals surface area contributed by atoms with Gasteiger partial charge in [-0.05, 0) is 19.7 Å². The quantitative estimate of drug-likeness (QED) is 0.718. The van der Waals surface area contributed by atoms with Gasteiger partial charge in [0.25, 0.3) is 0 Å². The van der Waals surface area contributed by atoms with Crippen molar-refractivity contribution in [2.24, 2.45) is 0 Å². The highest BCUT2D eigenvalue weighted by atomic mass is 31.2. The van der Waals surface area contributed by atoms with E-state index in [0.29, 0.717) is 11.7 Å². The van der Waals surface area contributed by atoms with E-state index in [1.165, 1.54) is 0 Å². The van der Waals surface area contributed by atoms with Crippen LogP contribution in [0, 0.1) is 6.92 Å². The number of hydrogen-bond acceptors (Lipinski definition) is 2. The molecule has 3 heteroatoms. The molecule has 0 saturated heterocycles. The Bertz CT molecular complexity index is 396. The van der Waals surface area contributed by atoms with E-state index in [-0.39, 0.29) is 5.52 Å². The van der Waals surface area contributed by atoms with Crippen LogP contribution in [-0.4, -0.2) is 18.4 Å². The maximum atomic E-state index is 11.8. The van der Waals surface area contributed by atoms with Crippen LogP contribution < -0.4 is 0 Å². The predicted molar refractivity (Wildman–Crippen MR) is 59.6 cm³/mol. The molecule has 0 saturated carbocycles. The summed E-state index contributed by atoms with van der Waals surface area (Å²) in [5.74, 6) is 0. The van der Waals surface area contributed by atoms with Gasteiger partial charge >= 0.3 is 0 Å². The molecule has 0 heterocycles. The van der Waals surface area contributed by atoms with Crippen LogP contribution in [0.4, 0.5) is 0 Å². The Kier molecular flexibility index (Phi) is 3.28. The summed E-state index contributed by atoms with van der Waals surface area (Å²) in [6.07, 6.45) is 0.430. The molecule has 1 aromatic rings. The second-order valence-corrected chi connectivity index (χ2v) is 6.83. The van der Waals surface area contributed by atoms with Crippen LogP contribution in [0.15, 0.2) is 24.3 Å². The molecule has 0 fully saturated rings. The van der Waals surface area contributed by atoms with E-state index < -0.39 is 7.14 Å². The monoisotopic (exact) mass is 210 g/mol. The largest absolute Gasteiger partial charge is 0.315 e. The smallest absolute Gasteiger partial charge is 0.221 e. The van der Waals surface area contributed by atoms with E-state index in [1.807, 2.05) is 19.1 Å². The first-order chi connectivity index (χ1) is 6.47. The summed E-state index contributed by atoms with van der Waals surface area (Å²) in [7, 11) is -2.65. The summed E-state index contributed by atoms with van der Waals surface area (Å²) in [5, 5.41) is 0. The van der Waals surface area contributed by atoms with Crippen LogP contribution in [0.25, 0.3) is 0 Å². The third-order valence-corrected chi connectivity index (χ3v) is 4.62. The second-order valence-electron chi connectivity index (χ2n) is 3.59. The van der Waals surface area contributed by atoms with Crippen LogP contribution in [0.1, 0.15) is 22.8 Å². The lowest BCUT2D eigenvalue weighted by Crippen LogP contribution is -2.01. The fourth-order valence-electron chi connectivity index (χ4n) is 1.19. The highest BCUT2D eigenvalue weighted by molar-refractivity contribution is 7.80. The maximum Gasteiger partial charge on any atom is 0.221 e. The number of carbonyl (C=O) groups excluding carboxylic acids is 1. The number of hydrogen-bond donors (Lipinski definition) is 0. The Morgan fingerprint density at radius 3 is 2.57 bits per heavy atom. The predicted octanol–water partition coefficient (Wildman–Crippen LogP) is 3.15. The summed E-state index contributed by atoms with van der Waals surface area (Å²) in [4.78, 5) is 11.8. The van der Waals surface area contributed by atoms with Crippen molar-refractivity contribution in [1.29, 1.82) is 0 Å². The van der Waals surface area contributed by atoms with E-state index in [2.05, 4.69) is 0 Å². The minimum atomic E-state index is -2.65. The van der Waals surface area contributed by atoms with Crippen LogP contribution >= 0.6 is 7.14 Å². The number of benzene rings is 1. The maximum absolute atomic E-state index is 11.8. The molecule has 0 aliphatic rings. The molecule has 1 rings (SSSR count). The fraction of sp³-hybridized carbons (Fsp3) is 0.364. The van der Waals surface area contributed by atoms with Crippen LogP contribution in [0.2, 0.25) is 0 Å². The number of rotatable bonds is 3. The number of carbonyl (C=O) groups is 1. The first-order valence-corrected chi connectivity index (χ1v) is 6.99. The Hall–Kier alpha value is -0.880. The lowest BCUT2D eigenvalue weighted by atomic mass is 10.2. The van der Waals surface area contributed by atoms with Crippen molar-refractivity contribution in [3.05, 3.63) is 35.4 Å². The standard InChI is InChI=1S/C11H15O2P/c1-4-14(3,13)11(12)10-7-5-6-9(2)8-10/h5-8H,4H2,1-3H3. The van der Waals surface area contributed by atoms with Gasteiger partial charge in [0.15, 0.2) is 7.14 Å². The van der Waals surface area contributed by atoms with Crippen molar-refractivity contribution < 1.29 is 9.36 Å². The molecule has 76 valence electrons. The van der Waals surface area contributed by atoms with Crippen molar-refractivity contribution in [2.45, 2.75) is 13.8 Å². The first kappa shape index (κ1) is 11.2. The van der Waals surface area contributed by atoms with E-state index in [1.54, 1.807) is 25.7 Å². The fourth-order valence-corrected chi connectivity index (χ4v) is 2.17. The zero-order valence-corrected chi connectivity index (χ0v) is 9.67. The lowest BCUT2D eigenvalue weighted by Gasteiger charge is -2.08. The van der Waals surface area contributed by atoms with E-state index >= 15 is 0 Å². The van der Waals surface area contributed by atoms with Gasteiger partial charge in [0.1, 0.15) is 0 Å². The lowest BCUT2D eigenvalue weighted by molar-refractivity contribution is 0.107. The average molecular weight is 210 g/mol. The van der Waals surface area contributed by atoms with Crippen molar-refractivity contribution in [1.82, 2.24) is 0 Å². The van der Waals surface area contributed by atoms with Gasteiger partial charge < -0.3 is 4.57 Å². The molecule has 0 aromatic heterocycles. The summed E-state index contributed by atoms with van der Waals surface area (Å²) >= 11 is 0. The third kappa shape index (κ3) is 2.33. The molecule has 0 bridgehead atoms. The zero-order valence-electron chi connectivity index (χ0n) is 8.78. The van der Waals surface area contributed by atoms with Gasteiger partial charge in [-0.25, -0.2) is 0 Å². The molecule has 0 amide bonds. The number of aryl methyl sites for hydroxylation is 1. The van der Waals surface area contributed by atoms with E-state index in [4.69, 9.17) is 0 Å². The highest BCUT2D eigenvalue weighted by Crippen LogP contribution is 2.44. The molecule has 1 aromatic carbocycles. The first-order valence-electron chi connectivity index (χ1n) is 4.65. The molecular weight excluding hydrogens is 195 g/mol. The SMILES string of the molecule is CCP(C)(=O)C(=O)c1cccc(C)c1. The second kappa shape index (κ2) is 4.10. The molecule has 0 radical (unpaired) electrons. The summed E-state index contributed by atoms with van der Waals surface area (Å²) < 4.78 is 11.8. The Morgan fingerprint density at radius 1 is 1.43 bits per heavy atom. The van der Waals surface area contributed by atoms with Gasteiger partial charge in [-0.3, -0.25) is 4.79 Å². The Labute approximate surface area is 84.7 Å². The molecule has 2 nitrogen and oxygen atoms in total. The van der Waals surface area contributed by atoms with Crippen molar-refractivity contribution in [2.75, 3.05) is 12.8 Å². The topological polar surface area (TPSA) is 34.1 Å². The minimum Gasteiger partial charge on any atom is -0.315 e. The summed E-state index contributed by atoms with van der Waals surface area (Å²) in [6.45, 7) is 5.26. The van der Waals surface area contributed by atoms with E-state index in [0.717, 1.165) is 5.56 Å². The van der Waals surface area contributed by atoms with Gasteiger partial charge in [0.2, 0.25) is 5.52 Å². The van der Waals surface area contributed by atoms with Gasteiger partial charge in [-0.1, -0.05) is 30.7 Å². The highest BCUT2D eigenvalue weighted by Gasteiger charge is 2.24. The third-order valence-electron chi connectivity index (χ3n) is 2.30. The summed E-state index contributed by atoms with van der Waals surface area (Å²) in [5.41, 5.74) is 1.38. The van der Waals surface area contributed by atoms with Crippen molar-refractivity contribution in [3.63, 3.8) is 0 Å². The molecule has 14 heavy (non-hydrogen) atoms. The molecule has 0 N–H and O–H groups in total. The van der Waals surface area contributed by atoms with E-state index in [9.17, 15) is 9.36 Å². The van der Waals surface area contributed by atoms with Gasteiger partial charge in [-0.15, -0.1) is 0 Å². The Balaban J connectivity index is 3.07. The molecule has 0 aliphatic heterocycles. The van der Waals surface area contributed by atoms with Gasteiger partial charge in [0, 0.05) is 11.7 Å². The normalized spacial score (nSPS) is 14.8. The minimum absolute atomic E-state index is 0.205.